The monoisotopic (exact) mass is 386 g/mol. The average Bonchev–Trinajstić information content (AvgIpc) is 3.30. The summed E-state index contributed by atoms with van der Waals surface area (Å²) in [5.74, 6) is 0.940. The Balaban J connectivity index is 1.20. The molecule has 6 heteroatoms. The molecule has 3 fully saturated rings. The van der Waals surface area contributed by atoms with Crippen LogP contribution in [-0.2, 0) is 6.54 Å². The van der Waals surface area contributed by atoms with E-state index in [2.05, 4.69) is 27.2 Å². The number of nitrogens with zero attached hydrogens (tertiary/aromatic N) is 3. The van der Waals surface area contributed by atoms with Crippen molar-refractivity contribution in [3.63, 3.8) is 0 Å². The van der Waals surface area contributed by atoms with E-state index in [9.17, 15) is 4.79 Å². The van der Waals surface area contributed by atoms with Crippen LogP contribution < -0.4 is 10.1 Å². The molecule has 0 spiro atoms. The Labute approximate surface area is 168 Å². The Hall–Kier alpha value is -1.79. The first-order chi connectivity index (χ1) is 13.7. The minimum absolute atomic E-state index is 0.115. The zero-order valence-corrected chi connectivity index (χ0v) is 17.2. The van der Waals surface area contributed by atoms with Gasteiger partial charge in [0.1, 0.15) is 5.75 Å². The van der Waals surface area contributed by atoms with Crippen LogP contribution in [0.4, 0.5) is 4.79 Å². The molecule has 154 valence electrons. The van der Waals surface area contributed by atoms with Gasteiger partial charge in [-0.15, -0.1) is 0 Å². The van der Waals surface area contributed by atoms with E-state index >= 15 is 0 Å². The lowest BCUT2D eigenvalue weighted by molar-refractivity contribution is 0.132. The van der Waals surface area contributed by atoms with Gasteiger partial charge in [-0.25, -0.2) is 4.79 Å². The van der Waals surface area contributed by atoms with E-state index in [1.54, 1.807) is 7.11 Å². The molecule has 0 unspecified atom stereocenters. The van der Waals surface area contributed by atoms with Crippen LogP contribution in [0.15, 0.2) is 24.3 Å². The molecular formula is C22H34N4O2. The molecule has 2 saturated heterocycles. The zero-order chi connectivity index (χ0) is 19.4. The third-order valence-electron chi connectivity index (χ3n) is 6.58. The second kappa shape index (κ2) is 8.70. The SMILES string of the molecule is COc1ccccc1CN1CCN(C(=O)NCC2(CN3CCCC3)CC2)CC1. The molecule has 4 rings (SSSR count). The van der Waals surface area contributed by atoms with E-state index in [4.69, 9.17) is 4.74 Å². The van der Waals surface area contributed by atoms with E-state index in [0.29, 0.717) is 5.41 Å². The van der Waals surface area contributed by atoms with Gasteiger partial charge in [0.05, 0.1) is 7.11 Å². The molecule has 1 N–H and O–H groups in total. The first-order valence-corrected chi connectivity index (χ1v) is 10.8. The summed E-state index contributed by atoms with van der Waals surface area (Å²) < 4.78 is 5.46. The lowest BCUT2D eigenvalue weighted by Gasteiger charge is -2.35. The van der Waals surface area contributed by atoms with Gasteiger partial charge in [0.15, 0.2) is 0 Å². The fourth-order valence-electron chi connectivity index (χ4n) is 4.54. The highest BCUT2D eigenvalue weighted by molar-refractivity contribution is 5.74. The summed E-state index contributed by atoms with van der Waals surface area (Å²) in [6.45, 7) is 8.75. The van der Waals surface area contributed by atoms with Crippen molar-refractivity contribution in [2.45, 2.75) is 32.2 Å². The van der Waals surface area contributed by atoms with Crippen molar-refractivity contribution >= 4 is 6.03 Å². The van der Waals surface area contributed by atoms with E-state index in [0.717, 1.165) is 45.0 Å². The number of para-hydroxylation sites is 1. The fourth-order valence-corrected chi connectivity index (χ4v) is 4.54. The Kier molecular flexibility index (Phi) is 6.07. The van der Waals surface area contributed by atoms with E-state index < -0.39 is 0 Å². The number of methoxy groups -OCH3 is 1. The molecule has 1 aromatic rings. The van der Waals surface area contributed by atoms with Crippen molar-refractivity contribution in [2.24, 2.45) is 5.41 Å². The second-order valence-corrected chi connectivity index (χ2v) is 8.72. The number of piperazine rings is 1. The van der Waals surface area contributed by atoms with Crippen molar-refractivity contribution in [2.75, 3.05) is 59.5 Å². The van der Waals surface area contributed by atoms with Crippen LogP contribution in [0.3, 0.4) is 0 Å². The molecule has 0 atom stereocenters. The molecule has 3 aliphatic rings. The summed E-state index contributed by atoms with van der Waals surface area (Å²) >= 11 is 0. The van der Waals surface area contributed by atoms with Crippen molar-refractivity contribution in [3.05, 3.63) is 29.8 Å². The van der Waals surface area contributed by atoms with E-state index in [-0.39, 0.29) is 6.03 Å². The number of carbonyl (C=O) groups is 1. The number of amides is 2. The molecule has 0 radical (unpaired) electrons. The van der Waals surface area contributed by atoms with Crippen LogP contribution >= 0.6 is 0 Å². The van der Waals surface area contributed by atoms with Gasteiger partial charge in [-0.3, -0.25) is 4.90 Å². The Morgan fingerprint density at radius 3 is 2.43 bits per heavy atom. The van der Waals surface area contributed by atoms with E-state index in [1.807, 2.05) is 17.0 Å². The number of rotatable bonds is 7. The highest BCUT2D eigenvalue weighted by Gasteiger charge is 2.44. The quantitative estimate of drug-likeness (QED) is 0.782. The molecule has 2 heterocycles. The number of likely N-dealkylation sites (tertiary alicyclic amines) is 1. The average molecular weight is 387 g/mol. The third kappa shape index (κ3) is 4.78. The summed E-state index contributed by atoms with van der Waals surface area (Å²) in [7, 11) is 1.72. The van der Waals surface area contributed by atoms with Crippen LogP contribution in [0.1, 0.15) is 31.2 Å². The summed E-state index contributed by atoms with van der Waals surface area (Å²) in [5, 5.41) is 3.23. The van der Waals surface area contributed by atoms with Gasteiger partial charge in [0.2, 0.25) is 0 Å². The molecule has 6 nitrogen and oxygen atoms in total. The maximum Gasteiger partial charge on any atom is 0.317 e. The van der Waals surface area contributed by atoms with E-state index in [1.165, 1.54) is 50.9 Å². The molecule has 28 heavy (non-hydrogen) atoms. The number of carbonyl (C=O) groups excluding carboxylic acids is 1. The van der Waals surface area contributed by atoms with Crippen molar-refractivity contribution in [1.82, 2.24) is 20.0 Å². The number of urea groups is 1. The van der Waals surface area contributed by atoms with Crippen LogP contribution in [0.5, 0.6) is 5.75 Å². The first kappa shape index (κ1) is 19.5. The van der Waals surface area contributed by atoms with Crippen molar-refractivity contribution in [3.8, 4) is 5.75 Å². The highest BCUT2D eigenvalue weighted by atomic mass is 16.5. The highest BCUT2D eigenvalue weighted by Crippen LogP contribution is 2.46. The maximum atomic E-state index is 12.6. The number of ether oxygens (including phenoxy) is 1. The van der Waals surface area contributed by atoms with Crippen LogP contribution in [-0.4, -0.2) is 80.2 Å². The normalized spacial score (nSPS) is 22.2. The molecule has 2 amide bonds. The minimum atomic E-state index is 0.115. The Morgan fingerprint density at radius 1 is 1.04 bits per heavy atom. The molecule has 1 aromatic carbocycles. The maximum absolute atomic E-state index is 12.6. The fraction of sp³-hybridized carbons (Fsp3) is 0.682. The Morgan fingerprint density at radius 2 is 1.75 bits per heavy atom. The largest absolute Gasteiger partial charge is 0.496 e. The summed E-state index contributed by atoms with van der Waals surface area (Å²) in [6, 6.07) is 8.30. The van der Waals surface area contributed by atoms with Crippen molar-refractivity contribution < 1.29 is 9.53 Å². The number of nitrogens with one attached hydrogen (secondary N) is 1. The van der Waals surface area contributed by atoms with Gasteiger partial charge >= 0.3 is 6.03 Å². The molecule has 0 bridgehead atoms. The lowest BCUT2D eigenvalue weighted by atomic mass is 10.1. The molecule has 0 aromatic heterocycles. The summed E-state index contributed by atoms with van der Waals surface area (Å²) in [6.07, 6.45) is 5.19. The molecular weight excluding hydrogens is 352 g/mol. The van der Waals surface area contributed by atoms with Gasteiger partial charge in [0, 0.05) is 56.8 Å². The number of hydrogen-bond acceptors (Lipinski definition) is 4. The standard InChI is InChI=1S/C22H34N4O2/c1-28-20-7-3-2-6-19(20)16-24-12-14-26(15-13-24)21(27)23-17-22(8-9-22)18-25-10-4-5-11-25/h2-3,6-7H,4-5,8-18H2,1H3,(H,23,27). The zero-order valence-electron chi connectivity index (χ0n) is 17.2. The van der Waals surface area contributed by atoms with Gasteiger partial charge in [-0.1, -0.05) is 18.2 Å². The van der Waals surface area contributed by atoms with Crippen molar-refractivity contribution in [1.29, 1.82) is 0 Å². The van der Waals surface area contributed by atoms with Crippen LogP contribution in [0.2, 0.25) is 0 Å². The summed E-state index contributed by atoms with van der Waals surface area (Å²) in [4.78, 5) is 19.6. The minimum Gasteiger partial charge on any atom is -0.496 e. The molecule has 1 saturated carbocycles. The Bertz CT molecular complexity index is 662. The topological polar surface area (TPSA) is 48.1 Å². The predicted molar refractivity (Wildman–Crippen MR) is 111 cm³/mol. The van der Waals surface area contributed by atoms with Gasteiger partial charge in [-0.2, -0.15) is 0 Å². The first-order valence-electron chi connectivity index (χ1n) is 10.8. The smallest absolute Gasteiger partial charge is 0.317 e. The number of benzene rings is 1. The third-order valence-corrected chi connectivity index (χ3v) is 6.58. The lowest BCUT2D eigenvalue weighted by Crippen LogP contribution is -2.52. The van der Waals surface area contributed by atoms with Crippen LogP contribution in [0, 0.1) is 5.41 Å². The second-order valence-electron chi connectivity index (χ2n) is 8.72. The van der Waals surface area contributed by atoms with Gasteiger partial charge in [-0.05, 0) is 44.8 Å². The van der Waals surface area contributed by atoms with Gasteiger partial charge in [0.25, 0.3) is 0 Å². The summed E-state index contributed by atoms with van der Waals surface area (Å²) in [5.41, 5.74) is 1.56. The molecule has 2 aliphatic heterocycles. The van der Waals surface area contributed by atoms with Gasteiger partial charge < -0.3 is 19.9 Å². The molecule has 1 aliphatic carbocycles. The predicted octanol–water partition coefficient (Wildman–Crippen LogP) is 2.40. The number of hydrogen-bond donors (Lipinski definition) is 1. The van der Waals surface area contributed by atoms with Crippen LogP contribution in [0.25, 0.3) is 0 Å².